The molecule has 0 spiro atoms. The number of nitrogens with one attached hydrogen (secondary N) is 1. The van der Waals surface area contributed by atoms with Crippen molar-refractivity contribution in [1.82, 2.24) is 24.1 Å². The van der Waals surface area contributed by atoms with Gasteiger partial charge < -0.3 is 14.9 Å². The molecule has 0 unspecified atom stereocenters. The Bertz CT molecular complexity index is 716. The molecule has 0 saturated heterocycles. The van der Waals surface area contributed by atoms with Crippen LogP contribution in [0.4, 0.5) is 0 Å². The second kappa shape index (κ2) is 5.96. The minimum atomic E-state index is -3.61. The molecule has 2 heterocycles. The van der Waals surface area contributed by atoms with Crippen LogP contribution in [0.15, 0.2) is 23.5 Å². The van der Waals surface area contributed by atoms with Crippen molar-refractivity contribution in [2.24, 2.45) is 12.8 Å². The largest absolute Gasteiger partial charge is 0.346 e. The standard InChI is InChI=1S/C12H20N6O2S/c1-9(2)18-7-11(4-10(18)5-13)21(19,20)15-6-12-16-14-8-17(12)3/h4,7-9,15H,5-6,13H2,1-3H3. The zero-order chi connectivity index (χ0) is 15.6. The van der Waals surface area contributed by atoms with Crippen LogP contribution < -0.4 is 10.5 Å². The number of nitrogens with two attached hydrogens (primary N) is 1. The quantitative estimate of drug-likeness (QED) is 0.788. The number of aryl methyl sites for hydroxylation is 1. The molecule has 116 valence electrons. The average molecular weight is 312 g/mol. The molecular formula is C12H20N6O2S. The van der Waals surface area contributed by atoms with E-state index in [4.69, 9.17) is 5.73 Å². The Morgan fingerprint density at radius 2 is 2.14 bits per heavy atom. The van der Waals surface area contributed by atoms with E-state index in [0.717, 1.165) is 5.69 Å². The number of hydrogen-bond donors (Lipinski definition) is 2. The molecule has 2 aromatic rings. The van der Waals surface area contributed by atoms with Crippen LogP contribution in [0.25, 0.3) is 0 Å². The van der Waals surface area contributed by atoms with Gasteiger partial charge >= 0.3 is 0 Å². The predicted molar refractivity (Wildman–Crippen MR) is 77.7 cm³/mol. The highest BCUT2D eigenvalue weighted by Gasteiger charge is 2.19. The molecule has 3 N–H and O–H groups in total. The number of hydrogen-bond acceptors (Lipinski definition) is 5. The SMILES string of the molecule is CC(C)n1cc(S(=O)(=O)NCc2nncn2C)cc1CN. The molecule has 2 aromatic heterocycles. The summed E-state index contributed by atoms with van der Waals surface area (Å²) in [5.74, 6) is 0.543. The summed E-state index contributed by atoms with van der Waals surface area (Å²) in [6, 6.07) is 1.74. The molecule has 0 amide bonds. The Kier molecular flexibility index (Phi) is 4.45. The van der Waals surface area contributed by atoms with E-state index >= 15 is 0 Å². The fraction of sp³-hybridized carbons (Fsp3) is 0.500. The Balaban J connectivity index is 2.21. The Morgan fingerprint density at radius 3 is 2.62 bits per heavy atom. The van der Waals surface area contributed by atoms with E-state index in [1.54, 1.807) is 23.9 Å². The Labute approximate surface area is 124 Å². The van der Waals surface area contributed by atoms with Crippen molar-refractivity contribution in [3.05, 3.63) is 30.1 Å². The van der Waals surface area contributed by atoms with Crippen LogP contribution >= 0.6 is 0 Å². The van der Waals surface area contributed by atoms with Crippen molar-refractivity contribution >= 4 is 10.0 Å². The van der Waals surface area contributed by atoms with Gasteiger partial charge in [0.2, 0.25) is 10.0 Å². The van der Waals surface area contributed by atoms with Crippen LogP contribution in [0.3, 0.4) is 0 Å². The van der Waals surface area contributed by atoms with Crippen molar-refractivity contribution in [2.75, 3.05) is 0 Å². The van der Waals surface area contributed by atoms with E-state index in [2.05, 4.69) is 14.9 Å². The van der Waals surface area contributed by atoms with Gasteiger partial charge in [0.15, 0.2) is 0 Å². The summed E-state index contributed by atoms with van der Waals surface area (Å²) >= 11 is 0. The lowest BCUT2D eigenvalue weighted by Gasteiger charge is -2.10. The van der Waals surface area contributed by atoms with Crippen molar-refractivity contribution in [1.29, 1.82) is 0 Å². The van der Waals surface area contributed by atoms with Gasteiger partial charge in [0.25, 0.3) is 0 Å². The van der Waals surface area contributed by atoms with Gasteiger partial charge in [-0.25, -0.2) is 13.1 Å². The first-order chi connectivity index (χ1) is 9.85. The van der Waals surface area contributed by atoms with Crippen LogP contribution in [0, 0.1) is 0 Å². The molecule has 0 aliphatic heterocycles. The molecule has 0 aromatic carbocycles. The number of aromatic nitrogens is 4. The molecule has 2 rings (SSSR count). The summed E-state index contributed by atoms with van der Waals surface area (Å²) in [4.78, 5) is 0.207. The van der Waals surface area contributed by atoms with Crippen LogP contribution in [-0.2, 0) is 30.2 Å². The number of nitrogens with zero attached hydrogens (tertiary/aromatic N) is 4. The van der Waals surface area contributed by atoms with Crippen molar-refractivity contribution in [2.45, 2.75) is 37.9 Å². The monoisotopic (exact) mass is 312 g/mol. The topological polar surface area (TPSA) is 108 Å². The highest BCUT2D eigenvalue weighted by Crippen LogP contribution is 2.18. The first-order valence-corrected chi connectivity index (χ1v) is 8.07. The molecule has 0 fully saturated rings. The van der Waals surface area contributed by atoms with Crippen LogP contribution in [0.1, 0.15) is 31.4 Å². The Hall–Kier alpha value is -1.71. The summed E-state index contributed by atoms with van der Waals surface area (Å²) in [7, 11) is -1.85. The Morgan fingerprint density at radius 1 is 1.43 bits per heavy atom. The minimum absolute atomic E-state index is 0.0870. The smallest absolute Gasteiger partial charge is 0.242 e. The maximum atomic E-state index is 12.3. The highest BCUT2D eigenvalue weighted by atomic mass is 32.2. The van der Waals surface area contributed by atoms with Gasteiger partial charge in [0.1, 0.15) is 12.2 Å². The molecule has 0 saturated carbocycles. The lowest BCUT2D eigenvalue weighted by molar-refractivity contribution is 0.568. The van der Waals surface area contributed by atoms with Crippen molar-refractivity contribution < 1.29 is 8.42 Å². The van der Waals surface area contributed by atoms with Gasteiger partial charge in [-0.3, -0.25) is 0 Å². The van der Waals surface area contributed by atoms with Crippen molar-refractivity contribution in [3.63, 3.8) is 0 Å². The van der Waals surface area contributed by atoms with E-state index in [0.29, 0.717) is 5.82 Å². The summed E-state index contributed by atoms with van der Waals surface area (Å²) in [6.45, 7) is 4.33. The lowest BCUT2D eigenvalue weighted by Crippen LogP contribution is -2.24. The summed E-state index contributed by atoms with van der Waals surface area (Å²) in [5, 5.41) is 7.55. The molecule has 0 bridgehead atoms. The molecule has 0 radical (unpaired) electrons. The second-order valence-electron chi connectivity index (χ2n) is 5.05. The van der Waals surface area contributed by atoms with E-state index in [1.807, 2.05) is 18.4 Å². The zero-order valence-corrected chi connectivity index (χ0v) is 13.1. The molecule has 8 nitrogen and oxygen atoms in total. The second-order valence-corrected chi connectivity index (χ2v) is 6.82. The van der Waals surface area contributed by atoms with E-state index in [9.17, 15) is 8.42 Å². The molecule has 0 aliphatic rings. The summed E-state index contributed by atoms with van der Waals surface area (Å²) < 4.78 is 30.7. The predicted octanol–water partition coefficient (Wildman–Crippen LogP) is 0.135. The van der Waals surface area contributed by atoms with Crippen molar-refractivity contribution in [3.8, 4) is 0 Å². The third-order valence-corrected chi connectivity index (χ3v) is 4.58. The fourth-order valence-electron chi connectivity index (χ4n) is 2.00. The fourth-order valence-corrected chi connectivity index (χ4v) is 3.03. The van der Waals surface area contributed by atoms with Gasteiger partial charge in [-0.1, -0.05) is 0 Å². The molecule has 0 aliphatic carbocycles. The zero-order valence-electron chi connectivity index (χ0n) is 12.3. The summed E-state index contributed by atoms with van der Waals surface area (Å²) in [6.07, 6.45) is 3.12. The van der Waals surface area contributed by atoms with Gasteiger partial charge in [0.05, 0.1) is 11.4 Å². The van der Waals surface area contributed by atoms with Gasteiger partial charge in [-0.2, -0.15) is 0 Å². The summed E-state index contributed by atoms with van der Waals surface area (Å²) in [5.41, 5.74) is 6.44. The highest BCUT2D eigenvalue weighted by molar-refractivity contribution is 7.89. The van der Waals surface area contributed by atoms with E-state index < -0.39 is 10.0 Å². The van der Waals surface area contributed by atoms with Gasteiger partial charge in [-0.15, -0.1) is 10.2 Å². The van der Waals surface area contributed by atoms with E-state index in [1.165, 1.54) is 6.33 Å². The normalized spacial score (nSPS) is 12.2. The first kappa shape index (κ1) is 15.7. The average Bonchev–Trinajstić information content (AvgIpc) is 3.02. The van der Waals surface area contributed by atoms with E-state index in [-0.39, 0.29) is 24.0 Å². The third-order valence-electron chi connectivity index (χ3n) is 3.21. The third kappa shape index (κ3) is 3.31. The maximum Gasteiger partial charge on any atom is 0.242 e. The molecule has 9 heteroatoms. The van der Waals surface area contributed by atoms with Gasteiger partial charge in [0, 0.05) is 31.5 Å². The maximum absolute atomic E-state index is 12.3. The van der Waals surface area contributed by atoms with Crippen LogP contribution in [0.2, 0.25) is 0 Å². The lowest BCUT2D eigenvalue weighted by atomic mass is 10.3. The molecule has 0 atom stereocenters. The molecular weight excluding hydrogens is 292 g/mol. The van der Waals surface area contributed by atoms with Crippen LogP contribution in [0.5, 0.6) is 0 Å². The molecule has 21 heavy (non-hydrogen) atoms. The number of rotatable bonds is 6. The first-order valence-electron chi connectivity index (χ1n) is 6.58. The van der Waals surface area contributed by atoms with Crippen LogP contribution in [-0.4, -0.2) is 27.7 Å². The number of sulfonamides is 1. The van der Waals surface area contributed by atoms with Gasteiger partial charge in [-0.05, 0) is 19.9 Å². The minimum Gasteiger partial charge on any atom is -0.346 e.